The zero-order chi connectivity index (χ0) is 26.0. The molecule has 0 radical (unpaired) electrons. The molecule has 2 aliphatic heterocycles. The van der Waals surface area contributed by atoms with Gasteiger partial charge in [-0.1, -0.05) is 37.5 Å². The molecule has 1 saturated heterocycles. The van der Waals surface area contributed by atoms with Gasteiger partial charge in [-0.05, 0) is 61.2 Å². The van der Waals surface area contributed by atoms with Crippen LogP contribution in [0.2, 0.25) is 0 Å². The van der Waals surface area contributed by atoms with Gasteiger partial charge in [0.25, 0.3) is 0 Å². The second-order valence-electron chi connectivity index (χ2n) is 10.8. The number of hydrogen-bond donors (Lipinski definition) is 2. The summed E-state index contributed by atoms with van der Waals surface area (Å²) in [5, 5.41) is 10.6. The number of likely N-dealkylation sites (tertiary alicyclic amines) is 1. The summed E-state index contributed by atoms with van der Waals surface area (Å²) in [4.78, 5) is 4.69. The van der Waals surface area contributed by atoms with Crippen molar-refractivity contribution >= 4 is 10.0 Å². The normalized spacial score (nSPS) is 27.5. The quantitative estimate of drug-likeness (QED) is 0.629. The Bertz CT molecular complexity index is 1180. The molecule has 1 saturated carbocycles. The predicted octanol–water partition coefficient (Wildman–Crippen LogP) is 2.96. The van der Waals surface area contributed by atoms with Gasteiger partial charge in [0.15, 0.2) is 0 Å². The minimum Gasteiger partial charge on any atom is -0.497 e. The van der Waals surface area contributed by atoms with Crippen molar-refractivity contribution < 1.29 is 23.0 Å². The molecule has 2 heterocycles. The van der Waals surface area contributed by atoms with Crippen molar-refractivity contribution in [3.8, 4) is 22.6 Å². The molecule has 3 aliphatic rings. The first kappa shape index (κ1) is 26.4. The summed E-state index contributed by atoms with van der Waals surface area (Å²) in [5.74, 6) is 1.78. The molecule has 9 heteroatoms. The molecule has 2 fully saturated rings. The van der Waals surface area contributed by atoms with E-state index in [1.165, 1.54) is 32.1 Å². The smallest absolute Gasteiger partial charge is 0.244 e. The summed E-state index contributed by atoms with van der Waals surface area (Å²) in [5.41, 5.74) is 1.77. The zero-order valence-corrected chi connectivity index (χ0v) is 22.6. The molecule has 0 unspecified atom stereocenters. The summed E-state index contributed by atoms with van der Waals surface area (Å²) in [6.45, 7) is 2.94. The molecule has 2 N–H and O–H groups in total. The van der Waals surface area contributed by atoms with Crippen LogP contribution in [0.25, 0.3) is 11.1 Å². The van der Waals surface area contributed by atoms with Gasteiger partial charge in [0.1, 0.15) is 22.5 Å². The van der Waals surface area contributed by atoms with Crippen LogP contribution < -0.4 is 14.2 Å². The molecule has 8 nitrogen and oxygen atoms in total. The van der Waals surface area contributed by atoms with Crippen molar-refractivity contribution in [3.05, 3.63) is 42.5 Å². The number of β-amino-alcohol motifs (C(OH)–C–C–N with tert-alkyl or cyclic N) is 1. The standard InChI is InChI=1S/C28H39N3O5S/c1-30-17-23(32)15-29-37(33,34)28-12-11-22(21-9-6-10-24(13-21)35-2)14-26(28)36-27-19-31(18-25(27)30)16-20-7-4-3-5-8-20/h6,9-14,20,23,25,27,29,32H,3-5,7-8,15-19H2,1-2H3/t23-,25+,27-/m0/s1. The largest absolute Gasteiger partial charge is 0.497 e. The Morgan fingerprint density at radius 2 is 1.84 bits per heavy atom. The van der Waals surface area contributed by atoms with Crippen molar-refractivity contribution in [3.63, 3.8) is 0 Å². The monoisotopic (exact) mass is 529 g/mol. The Morgan fingerprint density at radius 1 is 1.05 bits per heavy atom. The van der Waals surface area contributed by atoms with Gasteiger partial charge in [-0.2, -0.15) is 0 Å². The summed E-state index contributed by atoms with van der Waals surface area (Å²) < 4.78 is 41.1. The number of aliphatic hydroxyl groups is 1. The van der Waals surface area contributed by atoms with E-state index >= 15 is 0 Å². The van der Waals surface area contributed by atoms with Crippen LogP contribution in [0.5, 0.6) is 11.5 Å². The molecule has 0 amide bonds. The van der Waals surface area contributed by atoms with Crippen LogP contribution >= 0.6 is 0 Å². The fourth-order valence-electron chi connectivity index (χ4n) is 6.04. The average molecular weight is 530 g/mol. The minimum absolute atomic E-state index is 0.0485. The van der Waals surface area contributed by atoms with E-state index in [1.807, 2.05) is 37.4 Å². The third kappa shape index (κ3) is 6.12. The van der Waals surface area contributed by atoms with E-state index in [-0.39, 0.29) is 23.6 Å². The highest BCUT2D eigenvalue weighted by molar-refractivity contribution is 7.89. The number of fused-ring (bicyclic) bond motifs is 2. The molecule has 0 spiro atoms. The van der Waals surface area contributed by atoms with Gasteiger partial charge in [0.2, 0.25) is 10.0 Å². The highest BCUT2D eigenvalue weighted by Crippen LogP contribution is 2.35. The van der Waals surface area contributed by atoms with Gasteiger partial charge in [0, 0.05) is 32.7 Å². The topological polar surface area (TPSA) is 91.3 Å². The Hall–Kier alpha value is -2.17. The number of aliphatic hydroxyl groups excluding tert-OH is 1. The van der Waals surface area contributed by atoms with Crippen LogP contribution in [0.15, 0.2) is 47.4 Å². The average Bonchev–Trinajstić information content (AvgIpc) is 3.29. The Morgan fingerprint density at radius 3 is 2.62 bits per heavy atom. The third-order valence-corrected chi connectivity index (χ3v) is 9.51. The van der Waals surface area contributed by atoms with Gasteiger partial charge in [0.05, 0.1) is 19.3 Å². The second-order valence-corrected chi connectivity index (χ2v) is 12.5. The van der Waals surface area contributed by atoms with Crippen LogP contribution in [0.3, 0.4) is 0 Å². The number of methoxy groups -OCH3 is 1. The fraction of sp³-hybridized carbons (Fsp3) is 0.571. The number of sulfonamides is 1. The highest BCUT2D eigenvalue weighted by atomic mass is 32.2. The van der Waals surface area contributed by atoms with E-state index in [1.54, 1.807) is 19.2 Å². The molecule has 2 aromatic rings. The maximum atomic E-state index is 13.3. The Kier molecular flexibility index (Phi) is 8.07. The minimum atomic E-state index is -3.88. The lowest BCUT2D eigenvalue weighted by molar-refractivity contribution is 0.0713. The van der Waals surface area contributed by atoms with E-state index in [0.717, 1.165) is 36.5 Å². The maximum Gasteiger partial charge on any atom is 0.244 e. The SMILES string of the molecule is COc1cccc(-c2ccc3c(c2)O[C@H]2CN(CC4CCCCC4)C[C@H]2N(C)C[C@@H](O)CNS3(=O)=O)c1. The van der Waals surface area contributed by atoms with E-state index in [9.17, 15) is 13.5 Å². The number of nitrogens with one attached hydrogen (secondary N) is 1. The fourth-order valence-corrected chi connectivity index (χ4v) is 7.23. The molecular formula is C28H39N3O5S. The van der Waals surface area contributed by atoms with Gasteiger partial charge in [-0.3, -0.25) is 9.80 Å². The van der Waals surface area contributed by atoms with Crippen molar-refractivity contribution in [2.75, 3.05) is 46.9 Å². The molecule has 5 rings (SSSR count). The van der Waals surface area contributed by atoms with Gasteiger partial charge in [-0.15, -0.1) is 0 Å². The van der Waals surface area contributed by atoms with E-state index in [0.29, 0.717) is 18.2 Å². The lowest BCUT2D eigenvalue weighted by Gasteiger charge is -2.30. The number of rotatable bonds is 4. The molecule has 1 aliphatic carbocycles. The summed E-state index contributed by atoms with van der Waals surface area (Å²) >= 11 is 0. The van der Waals surface area contributed by atoms with Crippen molar-refractivity contribution in [2.24, 2.45) is 5.92 Å². The Labute approximate surface area is 220 Å². The predicted molar refractivity (Wildman–Crippen MR) is 143 cm³/mol. The number of benzene rings is 2. The van der Waals surface area contributed by atoms with Crippen LogP contribution in [0, 0.1) is 5.92 Å². The molecule has 0 bridgehead atoms. The lowest BCUT2D eigenvalue weighted by atomic mass is 9.89. The van der Waals surface area contributed by atoms with E-state index in [4.69, 9.17) is 9.47 Å². The van der Waals surface area contributed by atoms with E-state index < -0.39 is 16.1 Å². The first-order chi connectivity index (χ1) is 17.8. The third-order valence-electron chi connectivity index (χ3n) is 8.04. The zero-order valence-electron chi connectivity index (χ0n) is 21.8. The van der Waals surface area contributed by atoms with Gasteiger partial charge < -0.3 is 14.6 Å². The van der Waals surface area contributed by atoms with Crippen LogP contribution in [0.1, 0.15) is 32.1 Å². The van der Waals surface area contributed by atoms with Crippen LogP contribution in [-0.2, 0) is 10.0 Å². The molecule has 3 atom stereocenters. The van der Waals surface area contributed by atoms with Crippen molar-refractivity contribution in [1.29, 1.82) is 0 Å². The van der Waals surface area contributed by atoms with Crippen molar-refractivity contribution in [1.82, 2.24) is 14.5 Å². The van der Waals surface area contributed by atoms with Crippen molar-refractivity contribution in [2.45, 2.75) is 55.2 Å². The second kappa shape index (κ2) is 11.3. The first-order valence-electron chi connectivity index (χ1n) is 13.4. The molecular weight excluding hydrogens is 490 g/mol. The van der Waals surface area contributed by atoms with Crippen LogP contribution in [0.4, 0.5) is 0 Å². The first-order valence-corrected chi connectivity index (χ1v) is 14.9. The van der Waals surface area contributed by atoms with E-state index in [2.05, 4.69) is 14.5 Å². The summed E-state index contributed by atoms with van der Waals surface area (Å²) in [6, 6.07) is 12.9. The number of hydrogen-bond acceptors (Lipinski definition) is 7. The number of nitrogens with zero attached hydrogens (tertiary/aromatic N) is 2. The molecule has 37 heavy (non-hydrogen) atoms. The number of ether oxygens (including phenoxy) is 2. The van der Waals surface area contributed by atoms with Gasteiger partial charge in [-0.25, -0.2) is 13.1 Å². The Balaban J connectivity index is 1.49. The maximum absolute atomic E-state index is 13.3. The highest BCUT2D eigenvalue weighted by Gasteiger charge is 2.39. The van der Waals surface area contributed by atoms with Crippen LogP contribution in [-0.4, -0.2) is 88.5 Å². The molecule has 0 aromatic heterocycles. The van der Waals surface area contributed by atoms with Gasteiger partial charge >= 0.3 is 0 Å². The summed E-state index contributed by atoms with van der Waals surface area (Å²) in [7, 11) is -0.256. The lowest BCUT2D eigenvalue weighted by Crippen LogP contribution is -2.47. The summed E-state index contributed by atoms with van der Waals surface area (Å²) in [6.07, 6.45) is 5.47. The molecule has 2 aromatic carbocycles. The molecule has 202 valence electrons. The number of likely N-dealkylation sites (N-methyl/N-ethyl adjacent to an activating group) is 1.